The van der Waals surface area contributed by atoms with Gasteiger partial charge in [-0.2, -0.15) is 0 Å². The Kier molecular flexibility index (Phi) is 25.3. The summed E-state index contributed by atoms with van der Waals surface area (Å²) in [5.41, 5.74) is 0. The molecule has 0 saturated heterocycles. The van der Waals surface area contributed by atoms with Gasteiger partial charge in [-0.1, -0.05) is 34.6 Å². The van der Waals surface area contributed by atoms with E-state index in [2.05, 4.69) is 0 Å². The standard InChI is InChI=1S/C7H14F2.CH3F.2CH4/c1-3-4-5-6-7(2,8)9;1-2;;/h3-6H2,1-2H3;1H3;2*1H4. The predicted octanol–water partition coefficient (Wildman–Crippen LogP) is 5.08. The minimum absolute atomic E-state index is 0. The summed E-state index contributed by atoms with van der Waals surface area (Å²) in [6, 6.07) is 0. The maximum atomic E-state index is 12.0. The van der Waals surface area contributed by atoms with E-state index in [4.69, 9.17) is 0 Å². The van der Waals surface area contributed by atoms with Crippen LogP contribution < -0.4 is 0 Å². The van der Waals surface area contributed by atoms with Gasteiger partial charge < -0.3 is 0 Å². The van der Waals surface area contributed by atoms with Gasteiger partial charge in [0.2, 0.25) is 5.92 Å². The summed E-state index contributed by atoms with van der Waals surface area (Å²) in [4.78, 5) is 0. The average molecular weight is 202 g/mol. The Bertz CT molecular complexity index is 67.1. The second kappa shape index (κ2) is 14.3. The third-order valence-electron chi connectivity index (χ3n) is 1.22. The minimum atomic E-state index is -2.45. The Balaban J connectivity index is -0.0000000941. The van der Waals surface area contributed by atoms with Crippen molar-refractivity contribution in [3.63, 3.8) is 0 Å². The number of alkyl halides is 3. The molecule has 0 aliphatic rings. The molecular formula is C10H25F3. The van der Waals surface area contributed by atoms with Gasteiger partial charge in [-0.3, -0.25) is 4.39 Å². The van der Waals surface area contributed by atoms with Crippen molar-refractivity contribution < 1.29 is 13.2 Å². The van der Waals surface area contributed by atoms with Crippen molar-refractivity contribution >= 4 is 0 Å². The van der Waals surface area contributed by atoms with Crippen molar-refractivity contribution in [3.05, 3.63) is 0 Å². The first-order valence-corrected chi connectivity index (χ1v) is 3.82. The topological polar surface area (TPSA) is 0 Å². The van der Waals surface area contributed by atoms with Crippen molar-refractivity contribution in [2.24, 2.45) is 0 Å². The lowest BCUT2D eigenvalue weighted by atomic mass is 10.1. The fourth-order valence-electron chi connectivity index (χ4n) is 0.685. The van der Waals surface area contributed by atoms with Crippen molar-refractivity contribution in [2.45, 2.75) is 60.3 Å². The first kappa shape index (κ1) is 23.0. The van der Waals surface area contributed by atoms with E-state index in [1.807, 2.05) is 6.92 Å². The molecule has 0 heterocycles. The molecule has 0 aromatic rings. The van der Waals surface area contributed by atoms with Crippen LogP contribution in [0, 0.1) is 0 Å². The molecule has 0 nitrogen and oxygen atoms in total. The van der Waals surface area contributed by atoms with Crippen LogP contribution in [0.5, 0.6) is 0 Å². The van der Waals surface area contributed by atoms with Crippen molar-refractivity contribution in [3.8, 4) is 0 Å². The smallest absolute Gasteiger partial charge is 0.245 e. The van der Waals surface area contributed by atoms with E-state index < -0.39 is 5.92 Å². The second-order valence-electron chi connectivity index (χ2n) is 2.53. The van der Waals surface area contributed by atoms with Gasteiger partial charge in [0.15, 0.2) is 0 Å². The van der Waals surface area contributed by atoms with Crippen LogP contribution in [0.25, 0.3) is 0 Å². The zero-order valence-corrected chi connectivity index (χ0v) is 7.46. The largest absolute Gasteiger partial charge is 0.255 e. The van der Waals surface area contributed by atoms with Crippen LogP contribution in [-0.4, -0.2) is 13.1 Å². The molecule has 13 heavy (non-hydrogen) atoms. The lowest BCUT2D eigenvalue weighted by Gasteiger charge is -2.07. The van der Waals surface area contributed by atoms with Gasteiger partial charge in [-0.25, -0.2) is 8.78 Å². The van der Waals surface area contributed by atoms with Gasteiger partial charge in [0.1, 0.15) is 0 Å². The molecule has 0 saturated carbocycles. The van der Waals surface area contributed by atoms with Crippen molar-refractivity contribution in [1.82, 2.24) is 0 Å². The number of hydrogen-bond acceptors (Lipinski definition) is 0. The Morgan fingerprint density at radius 1 is 1.00 bits per heavy atom. The molecule has 0 atom stereocenters. The van der Waals surface area contributed by atoms with Gasteiger partial charge in [-0.05, 0) is 13.3 Å². The molecule has 0 amide bonds. The quantitative estimate of drug-likeness (QED) is 0.558. The fraction of sp³-hybridized carbons (Fsp3) is 1.00. The van der Waals surface area contributed by atoms with Gasteiger partial charge in [0.05, 0.1) is 7.18 Å². The second-order valence-corrected chi connectivity index (χ2v) is 2.53. The van der Waals surface area contributed by atoms with Crippen LogP contribution in [0.15, 0.2) is 0 Å². The minimum Gasteiger partial charge on any atom is -0.255 e. The van der Waals surface area contributed by atoms with Crippen LogP contribution in [0.3, 0.4) is 0 Å². The van der Waals surface area contributed by atoms with E-state index in [0.29, 0.717) is 13.6 Å². The summed E-state index contributed by atoms with van der Waals surface area (Å²) in [7, 11) is 0.500. The highest BCUT2D eigenvalue weighted by Crippen LogP contribution is 2.19. The number of unbranched alkanes of at least 4 members (excludes halogenated alkanes) is 2. The summed E-state index contributed by atoms with van der Waals surface area (Å²) in [5.74, 6) is -2.45. The first-order valence-electron chi connectivity index (χ1n) is 3.82. The summed E-state index contributed by atoms with van der Waals surface area (Å²) < 4.78 is 33.6. The molecule has 0 aliphatic heterocycles. The Labute approximate surface area is 81.5 Å². The first-order chi connectivity index (χ1) is 5.06. The van der Waals surface area contributed by atoms with Crippen LogP contribution in [0.4, 0.5) is 13.2 Å². The lowest BCUT2D eigenvalue weighted by Crippen LogP contribution is -2.08. The maximum absolute atomic E-state index is 12.0. The molecule has 0 aromatic carbocycles. The molecule has 0 fully saturated rings. The van der Waals surface area contributed by atoms with E-state index in [0.717, 1.165) is 19.8 Å². The molecule has 0 N–H and O–H groups in total. The summed E-state index contributed by atoms with van der Waals surface area (Å²) in [6.45, 7) is 2.98. The molecule has 0 spiro atoms. The SMILES string of the molecule is C.C.CCCCCC(C)(F)F.CF. The molecule has 0 rings (SSSR count). The third kappa shape index (κ3) is 33.7. The van der Waals surface area contributed by atoms with Gasteiger partial charge in [-0.15, -0.1) is 0 Å². The number of halogens is 3. The Morgan fingerprint density at radius 3 is 1.62 bits per heavy atom. The molecule has 0 unspecified atom stereocenters. The maximum Gasteiger partial charge on any atom is 0.245 e. The summed E-state index contributed by atoms with van der Waals surface area (Å²) in [6.07, 6.45) is 2.63. The molecule has 86 valence electrons. The number of rotatable bonds is 4. The predicted molar refractivity (Wildman–Crippen MR) is 55.3 cm³/mol. The van der Waals surface area contributed by atoms with Crippen LogP contribution in [0.1, 0.15) is 54.4 Å². The number of hydrogen-bond donors (Lipinski definition) is 0. The van der Waals surface area contributed by atoms with Gasteiger partial charge in [0.25, 0.3) is 0 Å². The van der Waals surface area contributed by atoms with E-state index in [1.54, 1.807) is 0 Å². The van der Waals surface area contributed by atoms with Crippen LogP contribution >= 0.6 is 0 Å². The van der Waals surface area contributed by atoms with E-state index in [9.17, 15) is 13.2 Å². The van der Waals surface area contributed by atoms with Crippen molar-refractivity contribution in [2.75, 3.05) is 7.18 Å². The highest BCUT2D eigenvalue weighted by molar-refractivity contribution is 4.56. The fourth-order valence-corrected chi connectivity index (χ4v) is 0.685. The van der Waals surface area contributed by atoms with E-state index in [1.165, 1.54) is 0 Å². The zero-order chi connectivity index (χ0) is 9.33. The molecule has 3 heteroatoms. The van der Waals surface area contributed by atoms with Crippen molar-refractivity contribution in [1.29, 1.82) is 0 Å². The molecule has 0 bridgehead atoms. The van der Waals surface area contributed by atoms with E-state index in [-0.39, 0.29) is 21.3 Å². The van der Waals surface area contributed by atoms with Gasteiger partial charge in [0, 0.05) is 6.42 Å². The Morgan fingerprint density at radius 2 is 1.38 bits per heavy atom. The Hall–Kier alpha value is -0.210. The van der Waals surface area contributed by atoms with E-state index >= 15 is 0 Å². The third-order valence-corrected chi connectivity index (χ3v) is 1.22. The highest BCUT2D eigenvalue weighted by atomic mass is 19.3. The van der Waals surface area contributed by atoms with Gasteiger partial charge >= 0.3 is 0 Å². The lowest BCUT2D eigenvalue weighted by molar-refractivity contribution is 0.0105. The zero-order valence-electron chi connectivity index (χ0n) is 7.46. The van der Waals surface area contributed by atoms with Crippen LogP contribution in [-0.2, 0) is 0 Å². The molecule has 0 aliphatic carbocycles. The average Bonchev–Trinajstić information content (AvgIpc) is 1.90. The molecular weight excluding hydrogens is 177 g/mol. The monoisotopic (exact) mass is 202 g/mol. The highest BCUT2D eigenvalue weighted by Gasteiger charge is 2.19. The molecule has 0 aromatic heterocycles. The summed E-state index contributed by atoms with van der Waals surface area (Å²) >= 11 is 0. The molecule has 0 radical (unpaired) electrons. The normalized spacial score (nSPS) is 8.77. The van der Waals surface area contributed by atoms with Crippen LogP contribution in [0.2, 0.25) is 0 Å². The summed E-state index contributed by atoms with van der Waals surface area (Å²) in [5, 5.41) is 0.